The van der Waals surface area contributed by atoms with E-state index in [1.807, 2.05) is 25.9 Å². The number of hydrogen-bond donors (Lipinski definition) is 2. The standard InChI is InChI=1S/C9H18N6O2/c1-4-16-8-11-7(14-10)12-9(13-8)17-6-5-15(2)3/h4-6,10H2,1-3H3,(H,11,12,13,14). The predicted molar refractivity (Wildman–Crippen MR) is 62.9 cm³/mol. The van der Waals surface area contributed by atoms with Gasteiger partial charge in [-0.05, 0) is 21.0 Å². The Morgan fingerprint density at radius 1 is 1.18 bits per heavy atom. The van der Waals surface area contributed by atoms with Crippen LogP contribution in [-0.2, 0) is 0 Å². The highest BCUT2D eigenvalue weighted by Gasteiger charge is 2.07. The largest absolute Gasteiger partial charge is 0.464 e. The molecule has 0 unspecified atom stereocenters. The number of ether oxygens (including phenoxy) is 2. The Hall–Kier alpha value is -1.67. The number of nitrogens with zero attached hydrogens (tertiary/aromatic N) is 4. The van der Waals surface area contributed by atoms with Crippen molar-refractivity contribution >= 4 is 5.95 Å². The van der Waals surface area contributed by atoms with Crippen LogP contribution in [-0.4, -0.2) is 53.7 Å². The lowest BCUT2D eigenvalue weighted by Gasteiger charge is -2.10. The van der Waals surface area contributed by atoms with Crippen LogP contribution in [0.3, 0.4) is 0 Å². The zero-order valence-corrected chi connectivity index (χ0v) is 10.3. The van der Waals surface area contributed by atoms with Crippen molar-refractivity contribution in [3.63, 3.8) is 0 Å². The molecule has 1 aromatic rings. The third kappa shape index (κ3) is 4.79. The Kier molecular flexibility index (Phi) is 5.37. The highest BCUT2D eigenvalue weighted by atomic mass is 16.5. The van der Waals surface area contributed by atoms with E-state index in [-0.39, 0.29) is 18.0 Å². The Bertz CT molecular complexity index is 346. The van der Waals surface area contributed by atoms with Crippen molar-refractivity contribution < 1.29 is 9.47 Å². The van der Waals surface area contributed by atoms with E-state index in [4.69, 9.17) is 15.3 Å². The van der Waals surface area contributed by atoms with Crippen LogP contribution >= 0.6 is 0 Å². The average molecular weight is 242 g/mol. The minimum atomic E-state index is 0.190. The number of hydrazine groups is 1. The summed E-state index contributed by atoms with van der Waals surface area (Å²) in [4.78, 5) is 13.8. The Morgan fingerprint density at radius 2 is 1.82 bits per heavy atom. The molecule has 0 aliphatic carbocycles. The molecule has 8 heteroatoms. The van der Waals surface area contributed by atoms with E-state index < -0.39 is 0 Å². The van der Waals surface area contributed by atoms with Gasteiger partial charge in [-0.3, -0.25) is 5.43 Å². The predicted octanol–water partition coefficient (Wildman–Crippen LogP) is -0.504. The number of nitrogens with one attached hydrogen (secondary N) is 1. The fraction of sp³-hybridized carbons (Fsp3) is 0.667. The molecule has 0 bridgehead atoms. The smallest absolute Gasteiger partial charge is 0.324 e. The van der Waals surface area contributed by atoms with Gasteiger partial charge in [-0.25, -0.2) is 5.84 Å². The van der Waals surface area contributed by atoms with Crippen molar-refractivity contribution in [2.45, 2.75) is 6.92 Å². The molecule has 8 nitrogen and oxygen atoms in total. The number of rotatable bonds is 7. The number of likely N-dealkylation sites (N-methyl/N-ethyl adjacent to an activating group) is 1. The maximum atomic E-state index is 5.37. The summed E-state index contributed by atoms with van der Waals surface area (Å²) in [6, 6.07) is 0.383. The molecular formula is C9H18N6O2. The minimum Gasteiger partial charge on any atom is -0.464 e. The molecule has 0 spiro atoms. The second-order valence-corrected chi connectivity index (χ2v) is 3.45. The normalized spacial score (nSPS) is 10.4. The fourth-order valence-corrected chi connectivity index (χ4v) is 0.980. The summed E-state index contributed by atoms with van der Waals surface area (Å²) in [6.45, 7) is 3.55. The van der Waals surface area contributed by atoms with Crippen LogP contribution in [0, 0.1) is 0 Å². The Labute approximate surface area is 100 Å². The number of anilines is 1. The molecule has 0 aromatic carbocycles. The van der Waals surface area contributed by atoms with Crippen molar-refractivity contribution in [2.75, 3.05) is 39.3 Å². The van der Waals surface area contributed by atoms with Gasteiger partial charge in [0.1, 0.15) is 6.61 Å². The van der Waals surface area contributed by atoms with E-state index in [0.717, 1.165) is 6.54 Å². The van der Waals surface area contributed by atoms with Gasteiger partial charge in [0.25, 0.3) is 0 Å². The van der Waals surface area contributed by atoms with Crippen molar-refractivity contribution in [2.24, 2.45) is 5.84 Å². The highest BCUT2D eigenvalue weighted by Crippen LogP contribution is 2.11. The molecule has 0 amide bonds. The first-order chi connectivity index (χ1) is 8.15. The molecule has 17 heavy (non-hydrogen) atoms. The summed E-state index contributed by atoms with van der Waals surface area (Å²) in [7, 11) is 3.91. The van der Waals surface area contributed by atoms with Gasteiger partial charge in [0.2, 0.25) is 5.95 Å². The third-order valence-electron chi connectivity index (χ3n) is 1.77. The van der Waals surface area contributed by atoms with E-state index in [9.17, 15) is 0 Å². The molecule has 1 rings (SSSR count). The van der Waals surface area contributed by atoms with Crippen molar-refractivity contribution in [1.29, 1.82) is 0 Å². The van der Waals surface area contributed by atoms with Crippen LogP contribution in [0.4, 0.5) is 5.95 Å². The SMILES string of the molecule is CCOc1nc(NN)nc(OCCN(C)C)n1. The first kappa shape index (κ1) is 13.4. The molecule has 3 N–H and O–H groups in total. The van der Waals surface area contributed by atoms with Crippen LogP contribution in [0.5, 0.6) is 12.0 Å². The molecule has 0 atom stereocenters. The van der Waals surface area contributed by atoms with Gasteiger partial charge in [-0.15, -0.1) is 4.98 Å². The quantitative estimate of drug-likeness (QED) is 0.487. The molecule has 0 aliphatic heterocycles. The maximum absolute atomic E-state index is 5.37. The van der Waals surface area contributed by atoms with Crippen molar-refractivity contribution in [3.8, 4) is 12.0 Å². The van der Waals surface area contributed by atoms with Gasteiger partial charge in [0, 0.05) is 6.54 Å². The van der Waals surface area contributed by atoms with Crippen LogP contribution in [0.25, 0.3) is 0 Å². The first-order valence-electron chi connectivity index (χ1n) is 5.28. The molecule has 1 heterocycles. The second-order valence-electron chi connectivity index (χ2n) is 3.45. The van der Waals surface area contributed by atoms with Gasteiger partial charge in [0.15, 0.2) is 0 Å². The van der Waals surface area contributed by atoms with Gasteiger partial charge in [0.05, 0.1) is 6.61 Å². The molecule has 0 saturated carbocycles. The molecule has 0 fully saturated rings. The van der Waals surface area contributed by atoms with E-state index >= 15 is 0 Å². The van der Waals surface area contributed by atoms with Crippen LogP contribution in [0.1, 0.15) is 6.92 Å². The van der Waals surface area contributed by atoms with Crippen LogP contribution < -0.4 is 20.7 Å². The van der Waals surface area contributed by atoms with Crippen molar-refractivity contribution in [3.05, 3.63) is 0 Å². The average Bonchev–Trinajstić information content (AvgIpc) is 2.28. The second kappa shape index (κ2) is 6.81. The Balaban J connectivity index is 2.66. The summed E-state index contributed by atoms with van der Waals surface area (Å²) in [5.41, 5.74) is 2.33. The van der Waals surface area contributed by atoms with E-state index in [2.05, 4.69) is 20.4 Å². The summed E-state index contributed by atoms with van der Waals surface area (Å²) < 4.78 is 10.5. The summed E-state index contributed by atoms with van der Waals surface area (Å²) in [6.07, 6.45) is 0. The fourth-order valence-electron chi connectivity index (χ4n) is 0.980. The van der Waals surface area contributed by atoms with Gasteiger partial charge >= 0.3 is 12.0 Å². The lowest BCUT2D eigenvalue weighted by Crippen LogP contribution is -2.20. The van der Waals surface area contributed by atoms with Gasteiger partial charge in [-0.1, -0.05) is 0 Å². The summed E-state index contributed by atoms with van der Waals surface area (Å²) in [5, 5.41) is 0. The molecule has 96 valence electrons. The highest BCUT2D eigenvalue weighted by molar-refractivity contribution is 5.25. The van der Waals surface area contributed by atoms with E-state index in [1.165, 1.54) is 0 Å². The summed E-state index contributed by atoms with van der Waals surface area (Å²) in [5.74, 6) is 5.45. The minimum absolute atomic E-state index is 0.190. The first-order valence-corrected chi connectivity index (χ1v) is 5.28. The summed E-state index contributed by atoms with van der Waals surface area (Å²) >= 11 is 0. The topological polar surface area (TPSA) is 98.4 Å². The van der Waals surface area contributed by atoms with Crippen molar-refractivity contribution in [1.82, 2.24) is 19.9 Å². The molecule has 1 aromatic heterocycles. The number of nitrogen functional groups attached to an aromatic ring is 1. The monoisotopic (exact) mass is 242 g/mol. The molecular weight excluding hydrogens is 224 g/mol. The van der Waals surface area contributed by atoms with Gasteiger partial charge in [-0.2, -0.15) is 9.97 Å². The molecule has 0 saturated heterocycles. The zero-order valence-electron chi connectivity index (χ0n) is 10.3. The lowest BCUT2D eigenvalue weighted by atomic mass is 10.6. The number of aromatic nitrogens is 3. The molecule has 0 aliphatic rings. The van der Waals surface area contributed by atoms with Crippen LogP contribution in [0.15, 0.2) is 0 Å². The zero-order chi connectivity index (χ0) is 12.7. The maximum Gasteiger partial charge on any atom is 0.324 e. The third-order valence-corrected chi connectivity index (χ3v) is 1.77. The van der Waals surface area contributed by atoms with Crippen LogP contribution in [0.2, 0.25) is 0 Å². The number of hydrogen-bond acceptors (Lipinski definition) is 8. The Morgan fingerprint density at radius 3 is 2.35 bits per heavy atom. The van der Waals surface area contributed by atoms with E-state index in [0.29, 0.717) is 13.2 Å². The molecule has 0 radical (unpaired) electrons. The van der Waals surface area contributed by atoms with Gasteiger partial charge < -0.3 is 14.4 Å². The lowest BCUT2D eigenvalue weighted by molar-refractivity contribution is 0.237. The number of nitrogens with two attached hydrogens (primary N) is 1. The van der Waals surface area contributed by atoms with E-state index in [1.54, 1.807) is 0 Å².